The number of hydrogen-bond acceptors (Lipinski definition) is 8. The van der Waals surface area contributed by atoms with Crippen molar-refractivity contribution < 1.29 is 37.6 Å². The Labute approximate surface area is 586 Å². The molecule has 2 unspecified atom stereocenters. The Hall–Kier alpha value is -1.51. The minimum atomic E-state index is -4.39. The maximum absolute atomic E-state index is 12.8. The third-order valence-corrected chi connectivity index (χ3v) is 20.6. The molecule has 2 atom stereocenters. The quantitative estimate of drug-likeness (QED) is 0.0264. The fourth-order valence-electron chi connectivity index (χ4n) is 13.3. The van der Waals surface area contributed by atoms with Crippen LogP contribution in [0, 0.1) is 0 Å². The van der Waals surface area contributed by atoms with Crippen LogP contribution in [0.15, 0.2) is 24.3 Å². The van der Waals surface area contributed by atoms with Gasteiger partial charge in [-0.2, -0.15) is 0 Å². The summed E-state index contributed by atoms with van der Waals surface area (Å²) in [4.78, 5) is 35.5. The second-order valence-electron chi connectivity index (χ2n) is 29.1. The summed E-state index contributed by atoms with van der Waals surface area (Å²) in [5.41, 5.74) is 5.42. The zero-order valence-electron chi connectivity index (χ0n) is 63.2. The molecule has 0 radical (unpaired) electrons. The van der Waals surface area contributed by atoms with Gasteiger partial charge in [0.05, 0.1) is 13.2 Å². The molecule has 0 aromatic carbocycles. The molecule has 0 saturated heterocycles. The molecule has 9 nitrogen and oxygen atoms in total. The van der Waals surface area contributed by atoms with E-state index in [-0.39, 0.29) is 38.6 Å². The predicted octanol–water partition coefficient (Wildman–Crippen LogP) is 28.4. The number of esters is 2. The molecule has 0 aromatic rings. The van der Waals surface area contributed by atoms with Crippen molar-refractivity contribution in [3.05, 3.63) is 24.3 Å². The number of carbonyl (C=O) groups is 2. The average molecular weight is 1350 g/mol. The van der Waals surface area contributed by atoms with Crippen molar-refractivity contribution in [2.24, 2.45) is 5.73 Å². The SMILES string of the molecule is CCCCCCC/C=C\C/C=C\CCCCCCCCCCCCCCCCCCCCCCCCCCCC(=O)OC(COC(=O)CCCCCCCCCCCCCCCCCCCCCCCCCCCCCCCCCCCCCC)COP(=O)(O)OCCN. The van der Waals surface area contributed by atoms with Gasteiger partial charge in [-0.3, -0.25) is 18.6 Å². The molecule has 0 saturated carbocycles. The van der Waals surface area contributed by atoms with Crippen molar-refractivity contribution >= 4 is 19.8 Å². The summed E-state index contributed by atoms with van der Waals surface area (Å²) < 4.78 is 33.3. The second kappa shape index (κ2) is 80.5. The number of hydrogen-bond donors (Lipinski definition) is 2. The van der Waals surface area contributed by atoms with Crippen LogP contribution in [0.5, 0.6) is 0 Å². The summed E-state index contributed by atoms with van der Waals surface area (Å²) >= 11 is 0. The first kappa shape index (κ1) is 92.5. The van der Waals surface area contributed by atoms with E-state index in [4.69, 9.17) is 24.3 Å². The topological polar surface area (TPSA) is 134 Å². The summed E-state index contributed by atoms with van der Waals surface area (Å²) in [5, 5.41) is 0. The van der Waals surface area contributed by atoms with Gasteiger partial charge in [0.15, 0.2) is 6.10 Å². The normalized spacial score (nSPS) is 12.9. The van der Waals surface area contributed by atoms with Gasteiger partial charge in [0.1, 0.15) is 6.61 Å². The smallest absolute Gasteiger partial charge is 0.462 e. The molecule has 0 bridgehead atoms. The third-order valence-electron chi connectivity index (χ3n) is 19.6. The van der Waals surface area contributed by atoms with E-state index in [0.717, 1.165) is 38.5 Å². The summed E-state index contributed by atoms with van der Waals surface area (Å²) in [5.74, 6) is -0.796. The predicted molar refractivity (Wildman–Crippen MR) is 409 cm³/mol. The van der Waals surface area contributed by atoms with Crippen molar-refractivity contribution in [2.45, 2.75) is 476 Å². The number of carbonyl (C=O) groups excluding carboxylic acids is 2. The molecule has 0 heterocycles. The fourth-order valence-corrected chi connectivity index (χ4v) is 14.1. The van der Waals surface area contributed by atoms with Crippen LogP contribution in [0.1, 0.15) is 470 Å². The van der Waals surface area contributed by atoms with Crippen LogP contribution in [0.25, 0.3) is 0 Å². The Morgan fingerprint density at radius 2 is 0.553 bits per heavy atom. The minimum absolute atomic E-state index is 0.0577. The lowest BCUT2D eigenvalue weighted by atomic mass is 10.0. The van der Waals surface area contributed by atoms with E-state index in [0.29, 0.717) is 6.42 Å². The molecule has 0 aliphatic carbocycles. The molecule has 0 aliphatic heterocycles. The van der Waals surface area contributed by atoms with Crippen LogP contribution in [0.4, 0.5) is 0 Å². The lowest BCUT2D eigenvalue weighted by Gasteiger charge is -2.19. The summed E-state index contributed by atoms with van der Waals surface area (Å²) in [6, 6.07) is 0. The van der Waals surface area contributed by atoms with Gasteiger partial charge in [0, 0.05) is 19.4 Å². The minimum Gasteiger partial charge on any atom is -0.462 e. The number of rotatable bonds is 82. The fraction of sp³-hybridized carbons (Fsp3) is 0.929. The Morgan fingerprint density at radius 1 is 0.319 bits per heavy atom. The van der Waals surface area contributed by atoms with Crippen LogP contribution in [0.2, 0.25) is 0 Å². The Morgan fingerprint density at radius 3 is 0.809 bits per heavy atom. The monoisotopic (exact) mass is 1350 g/mol. The molecule has 0 spiro atoms. The summed E-state index contributed by atoms with van der Waals surface area (Å²) in [6.45, 7) is 3.84. The number of phosphoric ester groups is 1. The highest BCUT2D eigenvalue weighted by Gasteiger charge is 2.26. The number of ether oxygens (including phenoxy) is 2. The van der Waals surface area contributed by atoms with Gasteiger partial charge in [-0.15, -0.1) is 0 Å². The first-order chi connectivity index (χ1) is 46.3. The van der Waals surface area contributed by atoms with E-state index in [2.05, 4.69) is 38.2 Å². The van der Waals surface area contributed by atoms with Gasteiger partial charge in [0.2, 0.25) is 0 Å². The van der Waals surface area contributed by atoms with Crippen LogP contribution in [-0.2, 0) is 32.7 Å². The largest absolute Gasteiger partial charge is 0.472 e. The van der Waals surface area contributed by atoms with Gasteiger partial charge >= 0.3 is 19.8 Å². The van der Waals surface area contributed by atoms with Crippen LogP contribution in [-0.4, -0.2) is 49.3 Å². The summed E-state index contributed by atoms with van der Waals surface area (Å²) in [6.07, 6.45) is 102. The summed E-state index contributed by atoms with van der Waals surface area (Å²) in [7, 11) is -4.39. The van der Waals surface area contributed by atoms with Crippen LogP contribution < -0.4 is 5.73 Å². The van der Waals surface area contributed by atoms with Crippen LogP contribution in [0.3, 0.4) is 0 Å². The van der Waals surface area contributed by atoms with Gasteiger partial charge in [0.25, 0.3) is 0 Å². The van der Waals surface area contributed by atoms with Crippen molar-refractivity contribution in [3.8, 4) is 0 Å². The first-order valence-corrected chi connectivity index (χ1v) is 43.8. The van der Waals surface area contributed by atoms with Crippen molar-refractivity contribution in [2.75, 3.05) is 26.4 Å². The highest BCUT2D eigenvalue weighted by Crippen LogP contribution is 2.43. The molecule has 3 N–H and O–H groups in total. The molecule has 94 heavy (non-hydrogen) atoms. The van der Waals surface area contributed by atoms with Crippen molar-refractivity contribution in [3.63, 3.8) is 0 Å². The van der Waals surface area contributed by atoms with Gasteiger partial charge in [-0.1, -0.05) is 436 Å². The van der Waals surface area contributed by atoms with Crippen LogP contribution >= 0.6 is 7.82 Å². The molecule has 0 fully saturated rings. The Kier molecular flexibility index (Phi) is 79.2. The lowest BCUT2D eigenvalue weighted by Crippen LogP contribution is -2.29. The maximum Gasteiger partial charge on any atom is 0.472 e. The number of phosphoric acid groups is 1. The molecular weight excluding hydrogens is 1180 g/mol. The van der Waals surface area contributed by atoms with Gasteiger partial charge < -0.3 is 20.1 Å². The highest BCUT2D eigenvalue weighted by atomic mass is 31.2. The average Bonchev–Trinajstić information content (AvgIpc) is 3.18. The maximum atomic E-state index is 12.8. The van der Waals surface area contributed by atoms with E-state index in [1.54, 1.807) is 0 Å². The van der Waals surface area contributed by atoms with Gasteiger partial charge in [-0.25, -0.2) is 4.57 Å². The second-order valence-corrected chi connectivity index (χ2v) is 30.5. The molecule has 0 amide bonds. The molecular formula is C84H164NO8P. The van der Waals surface area contributed by atoms with E-state index >= 15 is 0 Å². The zero-order valence-corrected chi connectivity index (χ0v) is 64.1. The van der Waals surface area contributed by atoms with Crippen molar-refractivity contribution in [1.82, 2.24) is 0 Å². The third kappa shape index (κ3) is 79.5. The van der Waals surface area contributed by atoms with E-state index < -0.39 is 26.5 Å². The first-order valence-electron chi connectivity index (χ1n) is 42.3. The lowest BCUT2D eigenvalue weighted by molar-refractivity contribution is -0.161. The molecule has 0 rings (SSSR count). The number of allylic oxidation sites excluding steroid dienone is 4. The molecule has 10 heteroatoms. The van der Waals surface area contributed by atoms with Crippen molar-refractivity contribution in [1.29, 1.82) is 0 Å². The standard InChI is InChI=1S/C84H164NO8P/c1-3-5-7-9-11-13-15-17-19-21-23-25-27-29-31-33-35-37-39-41-43-45-47-49-51-53-55-57-59-61-63-65-67-69-71-73-75-77-84(87)93-82(81-92-94(88,89)91-79-78-85)80-90-83(86)76-74-72-70-68-66-64-62-60-58-56-54-52-50-48-46-44-42-40-38-36-34-32-30-28-26-24-22-20-18-16-14-12-10-8-6-4-2/h15,17,21,23,82H,3-14,16,18-20,22,24-81,85H2,1-2H3,(H,88,89)/b17-15-,23-21-. The zero-order chi connectivity index (χ0) is 67.9. The number of unbranched alkanes of at least 4 members (excludes halogenated alkanes) is 65. The van der Waals surface area contributed by atoms with Gasteiger partial charge in [-0.05, 0) is 44.9 Å². The molecule has 558 valence electrons. The Bertz CT molecular complexity index is 1590. The number of nitrogens with two attached hydrogens (primary N) is 1. The van der Waals surface area contributed by atoms with E-state index in [9.17, 15) is 19.0 Å². The Balaban J connectivity index is 3.71. The van der Waals surface area contributed by atoms with E-state index in [1.165, 1.54) is 398 Å². The van der Waals surface area contributed by atoms with E-state index in [1.807, 2.05) is 0 Å². The molecule has 0 aromatic heterocycles. The highest BCUT2D eigenvalue weighted by molar-refractivity contribution is 7.47. The molecule has 0 aliphatic rings.